The van der Waals surface area contributed by atoms with Gasteiger partial charge in [-0.1, -0.05) is 17.3 Å². The maximum atomic E-state index is 10.5. The van der Waals surface area contributed by atoms with Gasteiger partial charge < -0.3 is 9.84 Å². The van der Waals surface area contributed by atoms with Gasteiger partial charge in [0.05, 0.1) is 19.9 Å². The number of ether oxygens (including phenoxy) is 1. The Morgan fingerprint density at radius 2 is 2.35 bits per heavy atom. The molecule has 0 spiro atoms. The van der Waals surface area contributed by atoms with E-state index in [0.717, 1.165) is 0 Å². The lowest BCUT2D eigenvalue weighted by Crippen LogP contribution is -2.01. The van der Waals surface area contributed by atoms with Crippen molar-refractivity contribution in [2.75, 3.05) is 7.11 Å². The van der Waals surface area contributed by atoms with Gasteiger partial charge in [-0.2, -0.15) is 0 Å². The molecule has 0 atom stereocenters. The smallest absolute Gasteiger partial charge is 0.171 e. The van der Waals surface area contributed by atoms with Gasteiger partial charge in [0.15, 0.2) is 17.8 Å². The molecule has 2 aromatic rings. The number of aldehydes is 1. The number of benzene rings is 1. The van der Waals surface area contributed by atoms with Crippen LogP contribution in [0.25, 0.3) is 0 Å². The highest BCUT2D eigenvalue weighted by Gasteiger charge is 2.08. The van der Waals surface area contributed by atoms with E-state index in [9.17, 15) is 9.90 Å². The number of phenolic OH excluding ortho intramolecular Hbond substituents is 1. The third kappa shape index (κ3) is 2.25. The second-order valence-electron chi connectivity index (χ2n) is 3.43. The van der Waals surface area contributed by atoms with Gasteiger partial charge in [-0.3, -0.25) is 4.79 Å². The fourth-order valence-electron chi connectivity index (χ4n) is 1.48. The number of hydrogen-bond donors (Lipinski definition) is 1. The van der Waals surface area contributed by atoms with Crippen LogP contribution in [0, 0.1) is 0 Å². The molecule has 2 rings (SSSR count). The molecule has 0 bridgehead atoms. The molecule has 0 unspecified atom stereocenters. The number of carbonyl (C=O) groups is 1. The highest BCUT2D eigenvalue weighted by Crippen LogP contribution is 2.29. The Kier molecular flexibility index (Phi) is 3.04. The van der Waals surface area contributed by atoms with Gasteiger partial charge in [0, 0.05) is 5.56 Å². The third-order valence-corrected chi connectivity index (χ3v) is 2.31. The molecule has 0 amide bonds. The SMILES string of the molecule is COc1cccc(Cn2cc(C=O)nn2)c1O. The van der Waals surface area contributed by atoms with Gasteiger partial charge in [-0.05, 0) is 6.07 Å². The number of rotatable bonds is 4. The first-order valence-electron chi connectivity index (χ1n) is 4.94. The first kappa shape index (κ1) is 11.1. The van der Waals surface area contributed by atoms with Gasteiger partial charge in [-0.25, -0.2) is 4.68 Å². The minimum atomic E-state index is 0.0677. The van der Waals surface area contributed by atoms with E-state index in [1.807, 2.05) is 0 Å². The van der Waals surface area contributed by atoms with E-state index >= 15 is 0 Å². The van der Waals surface area contributed by atoms with Crippen molar-refractivity contribution >= 4 is 6.29 Å². The normalized spacial score (nSPS) is 10.2. The lowest BCUT2D eigenvalue weighted by Gasteiger charge is -2.08. The number of carbonyl (C=O) groups excluding carboxylic acids is 1. The summed E-state index contributed by atoms with van der Waals surface area (Å²) in [6.07, 6.45) is 2.13. The molecule has 0 fully saturated rings. The van der Waals surface area contributed by atoms with E-state index in [-0.39, 0.29) is 11.4 Å². The van der Waals surface area contributed by atoms with Gasteiger partial charge in [-0.15, -0.1) is 5.10 Å². The molecule has 0 aliphatic carbocycles. The summed E-state index contributed by atoms with van der Waals surface area (Å²) >= 11 is 0. The van der Waals surface area contributed by atoms with Crippen molar-refractivity contribution in [2.24, 2.45) is 0 Å². The first-order valence-corrected chi connectivity index (χ1v) is 4.94. The molecule has 0 saturated carbocycles. The summed E-state index contributed by atoms with van der Waals surface area (Å²) in [5.74, 6) is 0.469. The number of aromatic hydroxyl groups is 1. The summed E-state index contributed by atoms with van der Waals surface area (Å²) in [6.45, 7) is 0.323. The second kappa shape index (κ2) is 4.65. The van der Waals surface area contributed by atoms with E-state index in [1.54, 1.807) is 18.2 Å². The van der Waals surface area contributed by atoms with Crippen molar-refractivity contribution in [2.45, 2.75) is 6.54 Å². The van der Waals surface area contributed by atoms with Crippen LogP contribution in [0.4, 0.5) is 0 Å². The van der Waals surface area contributed by atoms with Gasteiger partial charge in [0.2, 0.25) is 0 Å². The summed E-state index contributed by atoms with van der Waals surface area (Å²) < 4.78 is 6.47. The molecule has 6 nitrogen and oxygen atoms in total. The summed E-state index contributed by atoms with van der Waals surface area (Å²) in [5.41, 5.74) is 0.902. The third-order valence-electron chi connectivity index (χ3n) is 2.31. The van der Waals surface area contributed by atoms with Crippen molar-refractivity contribution in [3.8, 4) is 11.5 Å². The molecule has 0 aliphatic rings. The Morgan fingerprint density at radius 3 is 3.00 bits per heavy atom. The Balaban J connectivity index is 2.26. The molecule has 1 aromatic heterocycles. The van der Waals surface area contributed by atoms with Crippen molar-refractivity contribution in [3.05, 3.63) is 35.7 Å². The van der Waals surface area contributed by atoms with Crippen LogP contribution in [0.15, 0.2) is 24.4 Å². The van der Waals surface area contributed by atoms with Crippen LogP contribution in [0.3, 0.4) is 0 Å². The molecule has 1 N–H and O–H groups in total. The Labute approximate surface area is 97.4 Å². The number of methoxy groups -OCH3 is 1. The van der Waals surface area contributed by atoms with Crippen LogP contribution in [-0.4, -0.2) is 33.5 Å². The molecule has 1 heterocycles. The maximum Gasteiger partial charge on any atom is 0.171 e. The summed E-state index contributed by atoms with van der Waals surface area (Å²) in [4.78, 5) is 10.5. The number of phenols is 1. The number of aromatic nitrogens is 3. The van der Waals surface area contributed by atoms with Crippen LogP contribution in [0.1, 0.15) is 16.1 Å². The predicted molar refractivity (Wildman–Crippen MR) is 59.2 cm³/mol. The Hall–Kier alpha value is -2.37. The van der Waals surface area contributed by atoms with Gasteiger partial charge >= 0.3 is 0 Å². The molecule has 0 radical (unpaired) electrons. The first-order chi connectivity index (χ1) is 8.24. The summed E-state index contributed by atoms with van der Waals surface area (Å²) in [5, 5.41) is 17.3. The quantitative estimate of drug-likeness (QED) is 0.792. The predicted octanol–water partition coefficient (Wildman–Crippen LogP) is 0.853. The van der Waals surface area contributed by atoms with Gasteiger partial charge in [0.1, 0.15) is 5.69 Å². The van der Waals surface area contributed by atoms with Crippen molar-refractivity contribution < 1.29 is 14.6 Å². The van der Waals surface area contributed by atoms with E-state index in [4.69, 9.17) is 4.74 Å². The molecule has 88 valence electrons. The van der Waals surface area contributed by atoms with E-state index in [1.165, 1.54) is 18.0 Å². The number of nitrogens with zero attached hydrogens (tertiary/aromatic N) is 3. The second-order valence-corrected chi connectivity index (χ2v) is 3.43. The lowest BCUT2D eigenvalue weighted by atomic mass is 10.2. The molecule has 0 saturated heterocycles. The highest BCUT2D eigenvalue weighted by molar-refractivity contribution is 5.70. The van der Waals surface area contributed by atoms with E-state index in [2.05, 4.69) is 10.3 Å². The van der Waals surface area contributed by atoms with Crippen LogP contribution in [0.5, 0.6) is 11.5 Å². The van der Waals surface area contributed by atoms with Crippen molar-refractivity contribution in [1.29, 1.82) is 0 Å². The molecular formula is C11H11N3O3. The van der Waals surface area contributed by atoms with E-state index < -0.39 is 0 Å². The average molecular weight is 233 g/mol. The van der Waals surface area contributed by atoms with Crippen molar-refractivity contribution in [1.82, 2.24) is 15.0 Å². The van der Waals surface area contributed by atoms with Gasteiger partial charge in [0.25, 0.3) is 0 Å². The van der Waals surface area contributed by atoms with Crippen molar-refractivity contribution in [3.63, 3.8) is 0 Å². The fourth-order valence-corrected chi connectivity index (χ4v) is 1.48. The zero-order valence-corrected chi connectivity index (χ0v) is 9.20. The summed E-state index contributed by atoms with van der Waals surface area (Å²) in [7, 11) is 1.48. The number of para-hydroxylation sites is 1. The zero-order valence-electron chi connectivity index (χ0n) is 9.20. The molecule has 17 heavy (non-hydrogen) atoms. The highest BCUT2D eigenvalue weighted by atomic mass is 16.5. The van der Waals surface area contributed by atoms with Crippen LogP contribution in [-0.2, 0) is 6.54 Å². The fraction of sp³-hybridized carbons (Fsp3) is 0.182. The largest absolute Gasteiger partial charge is 0.504 e. The molecular weight excluding hydrogens is 222 g/mol. The monoisotopic (exact) mass is 233 g/mol. The molecule has 1 aromatic carbocycles. The Bertz CT molecular complexity index is 537. The zero-order chi connectivity index (χ0) is 12.3. The maximum absolute atomic E-state index is 10.5. The van der Waals surface area contributed by atoms with Crippen LogP contribution in [0.2, 0.25) is 0 Å². The Morgan fingerprint density at radius 1 is 1.53 bits per heavy atom. The minimum absolute atomic E-state index is 0.0677. The number of hydrogen-bond acceptors (Lipinski definition) is 5. The van der Waals surface area contributed by atoms with Crippen LogP contribution >= 0.6 is 0 Å². The lowest BCUT2D eigenvalue weighted by molar-refractivity contribution is 0.111. The summed E-state index contributed by atoms with van der Waals surface area (Å²) in [6, 6.07) is 5.18. The molecule has 0 aliphatic heterocycles. The van der Waals surface area contributed by atoms with Crippen LogP contribution < -0.4 is 4.74 Å². The van der Waals surface area contributed by atoms with E-state index in [0.29, 0.717) is 24.1 Å². The minimum Gasteiger partial charge on any atom is -0.504 e. The standard InChI is InChI=1S/C11H11N3O3/c1-17-10-4-2-3-8(11(10)16)5-14-6-9(7-15)12-13-14/h2-4,6-7,16H,5H2,1H3. The average Bonchev–Trinajstić information content (AvgIpc) is 2.79. The topological polar surface area (TPSA) is 77.2 Å². The molecule has 6 heteroatoms.